The summed E-state index contributed by atoms with van der Waals surface area (Å²) in [5.74, 6) is -2.83. The fraction of sp³-hybridized carbons (Fsp3) is 0.125. The second kappa shape index (κ2) is 7.58. The number of hydrogen-bond acceptors (Lipinski definition) is 3. The lowest BCUT2D eigenvalue weighted by molar-refractivity contribution is -0.143. The Hall–Kier alpha value is -2.95. The Morgan fingerprint density at radius 3 is 1.68 bits per heavy atom. The van der Waals surface area contributed by atoms with Crippen molar-refractivity contribution in [2.75, 3.05) is 16.4 Å². The number of carbonyl (C=O) groups is 2. The van der Waals surface area contributed by atoms with Crippen LogP contribution in [0.2, 0.25) is 5.02 Å². The zero-order valence-electron chi connectivity index (χ0n) is 13.5. The summed E-state index contributed by atoms with van der Waals surface area (Å²) in [4.78, 5) is 23.7. The van der Waals surface area contributed by atoms with E-state index in [1.807, 2.05) is 0 Å². The molecule has 0 spiro atoms. The smallest absolute Gasteiger partial charge is 0.398 e. The van der Waals surface area contributed by atoms with Crippen molar-refractivity contribution in [1.29, 1.82) is 0 Å². The van der Waals surface area contributed by atoms with Crippen molar-refractivity contribution in [3.8, 4) is 0 Å². The van der Waals surface area contributed by atoms with Crippen molar-refractivity contribution in [3.63, 3.8) is 0 Å². The molecule has 2 amide bonds. The third-order valence-electron chi connectivity index (χ3n) is 3.31. The first kappa shape index (κ1) is 21.4. The van der Waals surface area contributed by atoms with E-state index in [9.17, 15) is 35.9 Å². The van der Waals surface area contributed by atoms with Crippen LogP contribution in [-0.2, 0) is 21.9 Å². The molecular weight excluding hydrogens is 416 g/mol. The summed E-state index contributed by atoms with van der Waals surface area (Å²) in [6.07, 6.45) is -10.2. The molecule has 0 aliphatic heterocycles. The van der Waals surface area contributed by atoms with Gasteiger partial charge in [-0.05, 0) is 36.4 Å². The van der Waals surface area contributed by atoms with Crippen LogP contribution >= 0.6 is 11.6 Å². The number of nitrogens with one attached hydrogen (secondary N) is 2. The lowest BCUT2D eigenvalue weighted by Gasteiger charge is -2.14. The monoisotopic (exact) mass is 425 g/mol. The van der Waals surface area contributed by atoms with Crippen LogP contribution in [0.4, 0.5) is 43.4 Å². The maximum Gasteiger partial charge on any atom is 0.416 e. The van der Waals surface area contributed by atoms with Crippen LogP contribution in [0, 0.1) is 0 Å². The van der Waals surface area contributed by atoms with Gasteiger partial charge in [0.05, 0.1) is 21.8 Å². The van der Waals surface area contributed by atoms with E-state index in [2.05, 4.69) is 5.32 Å². The molecule has 0 aromatic heterocycles. The minimum absolute atomic E-state index is 0.0411. The molecule has 0 unspecified atom stereocenters. The molecule has 0 fully saturated rings. The largest absolute Gasteiger partial charge is 0.416 e. The number of benzene rings is 2. The van der Waals surface area contributed by atoms with Crippen molar-refractivity contribution in [3.05, 3.63) is 52.5 Å². The van der Waals surface area contributed by atoms with E-state index in [-0.39, 0.29) is 34.6 Å². The molecule has 12 heteroatoms. The first-order chi connectivity index (χ1) is 12.8. The van der Waals surface area contributed by atoms with Crippen LogP contribution in [-0.4, -0.2) is 11.8 Å². The number of nitrogen functional groups attached to an aromatic ring is 1. The Bertz CT molecular complexity index is 895. The summed E-state index contributed by atoms with van der Waals surface area (Å²) in [7, 11) is 0. The molecular formula is C16H10ClF6N3O2. The third-order valence-corrected chi connectivity index (χ3v) is 3.64. The van der Waals surface area contributed by atoms with E-state index >= 15 is 0 Å². The standard InChI is InChI=1S/C16H10ClF6N3O2/c17-11-6-9(1-2-12(11)24)25-13(27)14(28)26-10-4-7(15(18,19)20)3-8(5-10)16(21,22)23/h1-6H,24H2,(H,25,27)(H,26,28). The first-order valence-electron chi connectivity index (χ1n) is 7.24. The molecule has 0 saturated heterocycles. The highest BCUT2D eigenvalue weighted by atomic mass is 35.5. The van der Waals surface area contributed by atoms with E-state index < -0.39 is 41.0 Å². The first-order valence-corrected chi connectivity index (χ1v) is 7.62. The SMILES string of the molecule is Nc1ccc(NC(=O)C(=O)Nc2cc(C(F)(F)F)cc(C(F)(F)F)c2)cc1Cl. The van der Waals surface area contributed by atoms with Crippen LogP contribution < -0.4 is 16.4 Å². The van der Waals surface area contributed by atoms with Crippen molar-refractivity contribution >= 4 is 40.5 Å². The van der Waals surface area contributed by atoms with Crippen LogP contribution in [0.3, 0.4) is 0 Å². The highest BCUT2D eigenvalue weighted by Crippen LogP contribution is 2.37. The maximum atomic E-state index is 12.8. The van der Waals surface area contributed by atoms with Gasteiger partial charge in [0.25, 0.3) is 0 Å². The average Bonchev–Trinajstić information content (AvgIpc) is 2.56. The Morgan fingerprint density at radius 2 is 1.25 bits per heavy atom. The average molecular weight is 426 g/mol. The summed E-state index contributed by atoms with van der Waals surface area (Å²) in [6, 6.07) is 4.26. The maximum absolute atomic E-state index is 12.8. The summed E-state index contributed by atoms with van der Waals surface area (Å²) in [5, 5.41) is 3.85. The number of anilines is 3. The van der Waals surface area contributed by atoms with Gasteiger partial charge < -0.3 is 16.4 Å². The van der Waals surface area contributed by atoms with Crippen LogP contribution in [0.25, 0.3) is 0 Å². The van der Waals surface area contributed by atoms with Gasteiger partial charge in [0, 0.05) is 11.4 Å². The second-order valence-corrected chi connectivity index (χ2v) is 5.85. The molecule has 4 N–H and O–H groups in total. The number of halogens is 7. The Labute approximate surface area is 158 Å². The summed E-state index contributed by atoms with van der Waals surface area (Å²) in [5.41, 5.74) is 1.58. The normalized spacial score (nSPS) is 11.8. The molecule has 0 aliphatic rings. The summed E-state index contributed by atoms with van der Waals surface area (Å²) in [6.45, 7) is 0. The minimum Gasteiger partial charge on any atom is -0.398 e. The van der Waals surface area contributed by atoms with Gasteiger partial charge in [-0.25, -0.2) is 0 Å². The van der Waals surface area contributed by atoms with Crippen LogP contribution in [0.15, 0.2) is 36.4 Å². The molecule has 150 valence electrons. The number of amides is 2. The van der Waals surface area contributed by atoms with Gasteiger partial charge >= 0.3 is 24.2 Å². The lowest BCUT2D eigenvalue weighted by atomic mass is 10.1. The predicted molar refractivity (Wildman–Crippen MR) is 89.6 cm³/mol. The molecule has 0 atom stereocenters. The topological polar surface area (TPSA) is 84.2 Å². The molecule has 2 aromatic rings. The molecule has 5 nitrogen and oxygen atoms in total. The van der Waals surface area contributed by atoms with Gasteiger partial charge in [-0.1, -0.05) is 11.6 Å². The number of carbonyl (C=O) groups excluding carboxylic acids is 2. The van der Waals surface area contributed by atoms with Gasteiger partial charge in [-0.15, -0.1) is 0 Å². The molecule has 0 bridgehead atoms. The zero-order valence-corrected chi connectivity index (χ0v) is 14.3. The fourth-order valence-electron chi connectivity index (χ4n) is 2.01. The van der Waals surface area contributed by atoms with Gasteiger partial charge in [-0.3, -0.25) is 9.59 Å². The summed E-state index contributed by atoms with van der Waals surface area (Å²) >= 11 is 5.74. The fourth-order valence-corrected chi connectivity index (χ4v) is 2.19. The Morgan fingerprint density at radius 1 is 0.786 bits per heavy atom. The molecule has 0 heterocycles. The molecule has 0 saturated carbocycles. The Balaban J connectivity index is 2.24. The van der Waals surface area contributed by atoms with Crippen molar-refractivity contribution in [1.82, 2.24) is 0 Å². The van der Waals surface area contributed by atoms with Crippen molar-refractivity contribution < 1.29 is 35.9 Å². The second-order valence-electron chi connectivity index (χ2n) is 5.44. The van der Waals surface area contributed by atoms with Gasteiger partial charge in [0.15, 0.2) is 0 Å². The Kier molecular flexibility index (Phi) is 5.78. The molecule has 0 radical (unpaired) electrons. The number of alkyl halides is 6. The van der Waals surface area contributed by atoms with E-state index in [1.54, 1.807) is 5.32 Å². The zero-order chi connectivity index (χ0) is 21.3. The quantitative estimate of drug-likeness (QED) is 0.375. The number of rotatable bonds is 2. The predicted octanol–water partition coefficient (Wildman–Crippen LogP) is 4.54. The van der Waals surface area contributed by atoms with Crippen LogP contribution in [0.5, 0.6) is 0 Å². The minimum atomic E-state index is -5.09. The van der Waals surface area contributed by atoms with Crippen molar-refractivity contribution in [2.24, 2.45) is 0 Å². The highest BCUT2D eigenvalue weighted by Gasteiger charge is 2.37. The van der Waals surface area contributed by atoms with E-state index in [4.69, 9.17) is 17.3 Å². The number of nitrogens with two attached hydrogens (primary N) is 1. The van der Waals surface area contributed by atoms with Gasteiger partial charge in [0.1, 0.15) is 0 Å². The summed E-state index contributed by atoms with van der Waals surface area (Å²) < 4.78 is 76.8. The van der Waals surface area contributed by atoms with Gasteiger partial charge in [0.2, 0.25) is 0 Å². The molecule has 0 aliphatic carbocycles. The van der Waals surface area contributed by atoms with Crippen LogP contribution in [0.1, 0.15) is 11.1 Å². The number of hydrogen-bond donors (Lipinski definition) is 3. The van der Waals surface area contributed by atoms with Crippen molar-refractivity contribution in [2.45, 2.75) is 12.4 Å². The van der Waals surface area contributed by atoms with E-state index in [1.165, 1.54) is 18.2 Å². The third kappa shape index (κ3) is 5.28. The molecule has 2 rings (SSSR count). The molecule has 28 heavy (non-hydrogen) atoms. The van der Waals surface area contributed by atoms with Gasteiger partial charge in [-0.2, -0.15) is 26.3 Å². The highest BCUT2D eigenvalue weighted by molar-refractivity contribution is 6.43. The van der Waals surface area contributed by atoms with E-state index in [0.717, 1.165) is 0 Å². The van der Waals surface area contributed by atoms with E-state index in [0.29, 0.717) is 0 Å². The molecule has 2 aromatic carbocycles. The lowest BCUT2D eigenvalue weighted by Crippen LogP contribution is -2.29.